The van der Waals surface area contributed by atoms with E-state index in [9.17, 15) is 14.6 Å². The van der Waals surface area contributed by atoms with Gasteiger partial charge in [-0.1, -0.05) is 0 Å². The first-order chi connectivity index (χ1) is 6.00. The van der Waals surface area contributed by atoms with Crippen LogP contribution in [0.25, 0.3) is 0 Å². The van der Waals surface area contributed by atoms with Crippen molar-refractivity contribution in [1.29, 1.82) is 0 Å². The highest BCUT2D eigenvalue weighted by Crippen LogP contribution is 2.42. The van der Waals surface area contributed by atoms with E-state index < -0.39 is 17.3 Å². The van der Waals surface area contributed by atoms with E-state index in [4.69, 9.17) is 4.74 Å². The van der Waals surface area contributed by atoms with Crippen LogP contribution in [-0.2, 0) is 0 Å². The lowest BCUT2D eigenvalue weighted by Gasteiger charge is -2.11. The summed E-state index contributed by atoms with van der Waals surface area (Å²) in [7, 11) is 1.30. The van der Waals surface area contributed by atoms with Crippen LogP contribution in [0, 0.1) is 19.7 Å². The van der Waals surface area contributed by atoms with E-state index in [0.29, 0.717) is 0 Å². The van der Waals surface area contributed by atoms with E-state index in [2.05, 4.69) is 0 Å². The summed E-state index contributed by atoms with van der Waals surface area (Å²) in [6.45, 7) is 2.86. The van der Waals surface area contributed by atoms with Crippen LogP contribution < -0.4 is 4.74 Å². The molecule has 0 aliphatic rings. The molecule has 1 aromatic rings. The van der Waals surface area contributed by atoms with Gasteiger partial charge in [0, 0.05) is 11.1 Å². The molecular formula is C9H11FO3. The third-order valence-electron chi connectivity index (χ3n) is 2.00. The third kappa shape index (κ3) is 1.28. The molecule has 4 heteroatoms. The molecule has 0 aromatic heterocycles. The minimum absolute atomic E-state index is 0.0239. The number of benzene rings is 1. The van der Waals surface area contributed by atoms with Gasteiger partial charge in [-0.3, -0.25) is 0 Å². The van der Waals surface area contributed by atoms with Gasteiger partial charge in [0.25, 0.3) is 0 Å². The molecule has 0 fully saturated rings. The number of hydrogen-bond donors (Lipinski definition) is 2. The van der Waals surface area contributed by atoms with Gasteiger partial charge in [-0.2, -0.15) is 0 Å². The molecule has 0 bridgehead atoms. The number of ether oxygens (including phenoxy) is 1. The molecule has 13 heavy (non-hydrogen) atoms. The number of halogens is 1. The second-order valence-corrected chi connectivity index (χ2v) is 2.79. The summed E-state index contributed by atoms with van der Waals surface area (Å²) < 4.78 is 18.0. The molecule has 1 rings (SSSR count). The number of aromatic hydroxyl groups is 2. The maximum atomic E-state index is 13.3. The third-order valence-corrected chi connectivity index (χ3v) is 2.00. The minimum Gasteiger partial charge on any atom is -0.504 e. The summed E-state index contributed by atoms with van der Waals surface area (Å²) in [5.74, 6) is -1.48. The molecule has 0 aliphatic heterocycles. The van der Waals surface area contributed by atoms with Crippen molar-refractivity contribution in [3.8, 4) is 17.2 Å². The maximum absolute atomic E-state index is 13.3. The fourth-order valence-electron chi connectivity index (χ4n) is 1.20. The van der Waals surface area contributed by atoms with Crippen LogP contribution in [0.3, 0.4) is 0 Å². The van der Waals surface area contributed by atoms with Gasteiger partial charge in [0.15, 0.2) is 11.5 Å². The predicted octanol–water partition coefficient (Wildman–Crippen LogP) is 1.86. The second-order valence-electron chi connectivity index (χ2n) is 2.79. The lowest BCUT2D eigenvalue weighted by Crippen LogP contribution is -1.95. The molecule has 0 saturated carbocycles. The van der Waals surface area contributed by atoms with Crippen LogP contribution in [0.15, 0.2) is 0 Å². The van der Waals surface area contributed by atoms with Crippen LogP contribution in [-0.4, -0.2) is 17.3 Å². The first kappa shape index (κ1) is 9.64. The first-order valence-corrected chi connectivity index (χ1v) is 3.75. The zero-order valence-electron chi connectivity index (χ0n) is 7.68. The van der Waals surface area contributed by atoms with Gasteiger partial charge < -0.3 is 14.9 Å². The fraction of sp³-hybridized carbons (Fsp3) is 0.333. The number of hydrogen-bond acceptors (Lipinski definition) is 3. The lowest BCUT2D eigenvalue weighted by molar-refractivity contribution is 0.342. The molecule has 0 saturated heterocycles. The zero-order chi connectivity index (χ0) is 10.2. The van der Waals surface area contributed by atoms with Gasteiger partial charge in [0.1, 0.15) is 5.82 Å². The van der Waals surface area contributed by atoms with Gasteiger partial charge in [-0.15, -0.1) is 0 Å². The van der Waals surface area contributed by atoms with E-state index in [1.807, 2.05) is 0 Å². The van der Waals surface area contributed by atoms with Crippen molar-refractivity contribution in [3.63, 3.8) is 0 Å². The van der Waals surface area contributed by atoms with Gasteiger partial charge in [0.2, 0.25) is 5.75 Å². The van der Waals surface area contributed by atoms with E-state index in [1.54, 1.807) is 0 Å². The van der Waals surface area contributed by atoms with Gasteiger partial charge in [-0.25, -0.2) is 4.39 Å². The van der Waals surface area contributed by atoms with E-state index in [0.717, 1.165) is 0 Å². The van der Waals surface area contributed by atoms with Crippen LogP contribution in [0.4, 0.5) is 4.39 Å². The van der Waals surface area contributed by atoms with Crippen molar-refractivity contribution in [1.82, 2.24) is 0 Å². The highest BCUT2D eigenvalue weighted by molar-refractivity contribution is 5.58. The zero-order valence-corrected chi connectivity index (χ0v) is 7.68. The molecule has 0 amide bonds. The van der Waals surface area contributed by atoms with E-state index in [1.165, 1.54) is 21.0 Å². The maximum Gasteiger partial charge on any atom is 0.201 e. The molecule has 0 unspecified atom stereocenters. The van der Waals surface area contributed by atoms with Crippen LogP contribution in [0.5, 0.6) is 17.2 Å². The van der Waals surface area contributed by atoms with Crippen molar-refractivity contribution in [2.75, 3.05) is 7.11 Å². The molecule has 0 spiro atoms. The summed E-state index contributed by atoms with van der Waals surface area (Å²) in [5, 5.41) is 18.6. The van der Waals surface area contributed by atoms with Crippen molar-refractivity contribution in [3.05, 3.63) is 16.9 Å². The molecule has 3 nitrogen and oxygen atoms in total. The van der Waals surface area contributed by atoms with Crippen molar-refractivity contribution in [2.24, 2.45) is 0 Å². The van der Waals surface area contributed by atoms with Crippen LogP contribution in [0.1, 0.15) is 11.1 Å². The lowest BCUT2D eigenvalue weighted by atomic mass is 10.1. The Labute approximate surface area is 75.4 Å². The number of phenolic OH excluding ortho intramolecular Hbond substituents is 2. The second kappa shape index (κ2) is 3.12. The molecule has 2 N–H and O–H groups in total. The average molecular weight is 186 g/mol. The standard InChI is InChI=1S/C9H11FO3/c1-4-6(10)5(2)9(13-3)8(12)7(4)11/h11-12H,1-3H3. The summed E-state index contributed by atoms with van der Waals surface area (Å²) in [6.07, 6.45) is 0. The Morgan fingerprint density at radius 3 is 2.08 bits per heavy atom. The molecule has 0 aliphatic carbocycles. The van der Waals surface area contributed by atoms with Crippen LogP contribution >= 0.6 is 0 Å². The minimum atomic E-state index is -0.563. The predicted molar refractivity (Wildman–Crippen MR) is 45.8 cm³/mol. The molecule has 0 heterocycles. The number of methoxy groups -OCH3 is 1. The molecule has 1 aromatic carbocycles. The topological polar surface area (TPSA) is 49.7 Å². The molecule has 0 atom stereocenters. The number of rotatable bonds is 1. The summed E-state index contributed by atoms with van der Waals surface area (Å²) in [6, 6.07) is 0. The Kier molecular flexibility index (Phi) is 2.32. The Morgan fingerprint density at radius 1 is 1.08 bits per heavy atom. The van der Waals surface area contributed by atoms with E-state index in [-0.39, 0.29) is 16.9 Å². The SMILES string of the molecule is COc1c(C)c(F)c(C)c(O)c1O. The van der Waals surface area contributed by atoms with Crippen molar-refractivity contribution in [2.45, 2.75) is 13.8 Å². The smallest absolute Gasteiger partial charge is 0.201 e. The monoisotopic (exact) mass is 186 g/mol. The highest BCUT2D eigenvalue weighted by Gasteiger charge is 2.19. The first-order valence-electron chi connectivity index (χ1n) is 3.75. The van der Waals surface area contributed by atoms with Gasteiger partial charge in [0.05, 0.1) is 7.11 Å². The van der Waals surface area contributed by atoms with E-state index >= 15 is 0 Å². The highest BCUT2D eigenvalue weighted by atomic mass is 19.1. The Morgan fingerprint density at radius 2 is 1.62 bits per heavy atom. The van der Waals surface area contributed by atoms with Gasteiger partial charge in [-0.05, 0) is 13.8 Å². The summed E-state index contributed by atoms with van der Waals surface area (Å²) >= 11 is 0. The molecule has 0 radical (unpaired) electrons. The summed E-state index contributed by atoms with van der Waals surface area (Å²) in [5.41, 5.74) is 0.214. The average Bonchev–Trinajstić information content (AvgIpc) is 2.13. The Hall–Kier alpha value is -1.45. The van der Waals surface area contributed by atoms with Crippen molar-refractivity contribution < 1.29 is 19.3 Å². The Bertz CT molecular complexity index is 318. The summed E-state index contributed by atoms with van der Waals surface area (Å²) in [4.78, 5) is 0. The van der Waals surface area contributed by atoms with Crippen molar-refractivity contribution >= 4 is 0 Å². The molecular weight excluding hydrogens is 175 g/mol. The fourth-order valence-corrected chi connectivity index (χ4v) is 1.20. The van der Waals surface area contributed by atoms with Gasteiger partial charge >= 0.3 is 0 Å². The quantitative estimate of drug-likeness (QED) is 0.658. The van der Waals surface area contributed by atoms with Crippen LogP contribution in [0.2, 0.25) is 0 Å². The normalized spacial score (nSPS) is 10.2. The molecule has 72 valence electrons. The largest absolute Gasteiger partial charge is 0.504 e. The number of phenols is 2. The Balaban J connectivity index is 3.56.